The third-order valence-corrected chi connectivity index (χ3v) is 7.77. The van der Waals surface area contributed by atoms with Crippen molar-refractivity contribution in [3.05, 3.63) is 96.3 Å². The van der Waals surface area contributed by atoms with Crippen LogP contribution in [0.15, 0.2) is 73.5 Å². The summed E-state index contributed by atoms with van der Waals surface area (Å²) in [5.41, 5.74) is 2.72. The average Bonchev–Trinajstić information content (AvgIpc) is 2.98. The van der Waals surface area contributed by atoms with Gasteiger partial charge in [-0.05, 0) is 49.6 Å². The van der Waals surface area contributed by atoms with E-state index in [0.717, 1.165) is 30.5 Å². The molecule has 2 aliphatic rings. The molecule has 0 N–H and O–H groups in total. The number of aromatic nitrogens is 3. The van der Waals surface area contributed by atoms with Crippen molar-refractivity contribution in [3.63, 3.8) is 0 Å². The molecule has 0 radical (unpaired) electrons. The van der Waals surface area contributed by atoms with Gasteiger partial charge < -0.3 is 14.4 Å². The predicted molar refractivity (Wildman–Crippen MR) is 150 cm³/mol. The smallest absolute Gasteiger partial charge is 0.191 e. The van der Waals surface area contributed by atoms with E-state index in [4.69, 9.17) is 9.47 Å². The van der Waals surface area contributed by atoms with Gasteiger partial charge in [-0.1, -0.05) is 12.6 Å². The number of halogens is 2. The van der Waals surface area contributed by atoms with Gasteiger partial charge in [0.1, 0.15) is 17.3 Å². The van der Waals surface area contributed by atoms with Gasteiger partial charge in [-0.2, -0.15) is 5.26 Å². The molecule has 1 aromatic carbocycles. The van der Waals surface area contributed by atoms with Gasteiger partial charge in [0.2, 0.25) is 0 Å². The zero-order valence-electron chi connectivity index (χ0n) is 22.6. The first-order chi connectivity index (χ1) is 19.9. The maximum atomic E-state index is 15.6. The van der Waals surface area contributed by atoms with Crippen molar-refractivity contribution >= 4 is 17.2 Å². The molecule has 0 atom stereocenters. The molecular formula is C31H26F2N6O2. The molecule has 0 amide bonds. The number of methoxy groups -OCH3 is 2. The number of fused-ring (bicyclic) bond motifs is 1. The monoisotopic (exact) mass is 552 g/mol. The van der Waals surface area contributed by atoms with Crippen LogP contribution in [0.2, 0.25) is 0 Å². The first-order valence-electron chi connectivity index (χ1n) is 13.1. The first kappa shape index (κ1) is 26.2. The molecule has 41 heavy (non-hydrogen) atoms. The van der Waals surface area contributed by atoms with Crippen LogP contribution in [0.3, 0.4) is 0 Å². The number of hydrogen-bond donors (Lipinski definition) is 0. The Balaban J connectivity index is 1.45. The summed E-state index contributed by atoms with van der Waals surface area (Å²) < 4.78 is 41.5. The summed E-state index contributed by atoms with van der Waals surface area (Å²) in [4.78, 5) is 16.9. The van der Waals surface area contributed by atoms with Crippen molar-refractivity contribution in [1.29, 1.82) is 5.26 Å². The fraction of sp³-hybridized carbons (Fsp3) is 0.226. The quantitative estimate of drug-likeness (QED) is 0.271. The molecule has 10 heteroatoms. The van der Waals surface area contributed by atoms with Gasteiger partial charge in [0.15, 0.2) is 23.1 Å². The number of benzene rings is 1. The highest BCUT2D eigenvalue weighted by Gasteiger charge is 2.40. The number of rotatable bonds is 6. The van der Waals surface area contributed by atoms with Crippen molar-refractivity contribution in [2.75, 3.05) is 24.0 Å². The summed E-state index contributed by atoms with van der Waals surface area (Å²) >= 11 is 0. The van der Waals surface area contributed by atoms with Crippen molar-refractivity contribution in [1.82, 2.24) is 15.0 Å². The third kappa shape index (κ3) is 4.21. The summed E-state index contributed by atoms with van der Waals surface area (Å²) in [5, 5.41) is 9.68. The molecule has 0 saturated heterocycles. The SMILES string of the molecule is C=C1N(c2c(F)c(OC)cc(OC)c2F)Cc2cnc(-c3ccc(C4(C#N)CCC4)nc3)cc2N1c1ccccn1. The number of nitriles is 1. The topological polar surface area (TPSA) is 87.4 Å². The lowest BCUT2D eigenvalue weighted by atomic mass is 9.67. The molecule has 8 nitrogen and oxygen atoms in total. The number of anilines is 3. The molecule has 6 rings (SSSR count). The summed E-state index contributed by atoms with van der Waals surface area (Å²) in [5.74, 6) is -1.31. The van der Waals surface area contributed by atoms with Crippen molar-refractivity contribution < 1.29 is 18.3 Å². The fourth-order valence-electron chi connectivity index (χ4n) is 5.33. The lowest BCUT2D eigenvalue weighted by molar-refractivity contribution is 0.316. The molecule has 0 spiro atoms. The van der Waals surface area contributed by atoms with Crippen LogP contribution < -0.4 is 19.3 Å². The van der Waals surface area contributed by atoms with Crippen molar-refractivity contribution in [2.24, 2.45) is 0 Å². The van der Waals surface area contributed by atoms with Gasteiger partial charge in [0, 0.05) is 35.8 Å². The lowest BCUT2D eigenvalue weighted by Crippen LogP contribution is -2.38. The highest BCUT2D eigenvalue weighted by Crippen LogP contribution is 2.46. The van der Waals surface area contributed by atoms with Gasteiger partial charge in [0.25, 0.3) is 0 Å². The van der Waals surface area contributed by atoms with Crippen LogP contribution in [0.4, 0.5) is 26.0 Å². The Morgan fingerprint density at radius 1 is 0.976 bits per heavy atom. The van der Waals surface area contributed by atoms with Crippen LogP contribution in [0.5, 0.6) is 11.5 Å². The van der Waals surface area contributed by atoms with E-state index in [-0.39, 0.29) is 29.6 Å². The van der Waals surface area contributed by atoms with E-state index in [1.807, 2.05) is 24.3 Å². The van der Waals surface area contributed by atoms with E-state index < -0.39 is 17.0 Å². The highest BCUT2D eigenvalue weighted by atomic mass is 19.1. The Morgan fingerprint density at radius 2 is 1.73 bits per heavy atom. The van der Waals surface area contributed by atoms with E-state index in [2.05, 4.69) is 27.6 Å². The number of nitrogens with zero attached hydrogens (tertiary/aromatic N) is 6. The Labute approximate surface area is 236 Å². The molecule has 1 aliphatic heterocycles. The van der Waals surface area contributed by atoms with E-state index in [1.165, 1.54) is 25.2 Å². The molecule has 4 aromatic rings. The second-order valence-electron chi connectivity index (χ2n) is 9.96. The molecule has 206 valence electrons. The van der Waals surface area contributed by atoms with E-state index in [1.54, 1.807) is 35.6 Å². The van der Waals surface area contributed by atoms with Crippen molar-refractivity contribution in [2.45, 2.75) is 31.2 Å². The number of ether oxygens (including phenoxy) is 2. The van der Waals surface area contributed by atoms with Crippen LogP contribution in [-0.2, 0) is 12.0 Å². The zero-order valence-corrected chi connectivity index (χ0v) is 22.6. The minimum atomic E-state index is -0.881. The van der Waals surface area contributed by atoms with Crippen molar-refractivity contribution in [3.8, 4) is 28.8 Å². The summed E-state index contributed by atoms with van der Waals surface area (Å²) in [6.45, 7) is 4.30. The molecule has 0 unspecified atom stereocenters. The van der Waals surface area contributed by atoms with Gasteiger partial charge in [0.05, 0.1) is 49.3 Å². The molecule has 1 fully saturated rings. The number of hydrogen-bond acceptors (Lipinski definition) is 8. The van der Waals surface area contributed by atoms with Crippen LogP contribution in [-0.4, -0.2) is 29.2 Å². The molecule has 1 aliphatic carbocycles. The van der Waals surface area contributed by atoms with Gasteiger partial charge in [-0.25, -0.2) is 13.8 Å². The van der Waals surface area contributed by atoms with E-state index in [9.17, 15) is 5.26 Å². The van der Waals surface area contributed by atoms with E-state index >= 15 is 8.78 Å². The number of pyridine rings is 3. The standard InChI is InChI=1S/C31H26F2N6O2/c1-19-38(30-28(32)24(40-2)14-25(41-3)29(30)33)17-21-16-36-22(13-23(21)39(19)27-7-4-5-12-35-27)20-8-9-26(37-15-20)31(18-34)10-6-11-31/h4-5,7-9,12-16H,1,6,10-11,17H2,2-3H3. The Morgan fingerprint density at radius 3 is 2.29 bits per heavy atom. The summed E-state index contributed by atoms with van der Waals surface area (Å²) in [7, 11) is 2.61. The normalized spacial score (nSPS) is 15.5. The predicted octanol–water partition coefficient (Wildman–Crippen LogP) is 6.41. The first-order valence-corrected chi connectivity index (χ1v) is 13.1. The maximum absolute atomic E-state index is 15.6. The summed E-state index contributed by atoms with van der Waals surface area (Å²) in [6, 6.07) is 14.7. The largest absolute Gasteiger partial charge is 0.493 e. The van der Waals surface area contributed by atoms with E-state index in [0.29, 0.717) is 22.8 Å². The Kier molecular flexibility index (Phi) is 6.50. The minimum Gasteiger partial charge on any atom is -0.493 e. The molecule has 3 aromatic heterocycles. The average molecular weight is 553 g/mol. The van der Waals surface area contributed by atoms with Crippen LogP contribution in [0.25, 0.3) is 11.3 Å². The van der Waals surface area contributed by atoms with Gasteiger partial charge in [-0.15, -0.1) is 0 Å². The van der Waals surface area contributed by atoms with Gasteiger partial charge in [-0.3, -0.25) is 14.9 Å². The van der Waals surface area contributed by atoms with Crippen LogP contribution >= 0.6 is 0 Å². The zero-order chi connectivity index (χ0) is 28.7. The fourth-order valence-corrected chi connectivity index (χ4v) is 5.33. The third-order valence-electron chi connectivity index (χ3n) is 7.77. The van der Waals surface area contributed by atoms with Gasteiger partial charge >= 0.3 is 0 Å². The maximum Gasteiger partial charge on any atom is 0.191 e. The highest BCUT2D eigenvalue weighted by molar-refractivity contribution is 5.79. The lowest BCUT2D eigenvalue weighted by Gasteiger charge is -2.40. The minimum absolute atomic E-state index is 0.0802. The molecule has 4 heterocycles. The molecular weight excluding hydrogens is 526 g/mol. The second-order valence-corrected chi connectivity index (χ2v) is 9.96. The van der Waals surface area contributed by atoms with Crippen LogP contribution in [0, 0.1) is 23.0 Å². The summed E-state index contributed by atoms with van der Waals surface area (Å²) in [6.07, 6.45) is 7.67. The van der Waals surface area contributed by atoms with Crippen LogP contribution in [0.1, 0.15) is 30.5 Å². The molecule has 0 bridgehead atoms. The second kappa shape index (κ2) is 10.2. The Bertz CT molecular complexity index is 1660. The Hall–Kier alpha value is -5.04. The molecule has 1 saturated carbocycles.